The van der Waals surface area contributed by atoms with Gasteiger partial charge in [0.2, 0.25) is 5.91 Å². The molecule has 1 aromatic carbocycles. The quantitative estimate of drug-likeness (QED) is 0.753. The smallest absolute Gasteiger partial charge is 0.224 e. The van der Waals surface area contributed by atoms with Gasteiger partial charge in [-0.1, -0.05) is 6.92 Å². The molecule has 1 amide bonds. The molecule has 0 aliphatic rings. The Labute approximate surface area is 118 Å². The van der Waals surface area contributed by atoms with Crippen LogP contribution in [0.2, 0.25) is 0 Å². The van der Waals surface area contributed by atoms with Crippen molar-refractivity contribution in [2.24, 2.45) is 0 Å². The predicted molar refractivity (Wildman–Crippen MR) is 77.6 cm³/mol. The van der Waals surface area contributed by atoms with Gasteiger partial charge in [-0.2, -0.15) is 0 Å². The number of hydrogen-bond acceptors (Lipinski definition) is 4. The van der Waals surface area contributed by atoms with Gasteiger partial charge in [-0.15, -0.1) is 0 Å². The number of nitrogens with one attached hydrogen (secondary N) is 1. The van der Waals surface area contributed by atoms with Crippen LogP contribution in [-0.4, -0.2) is 25.8 Å². The molecule has 0 atom stereocenters. The van der Waals surface area contributed by atoms with Gasteiger partial charge < -0.3 is 11.1 Å². The fraction of sp³-hybridized carbons (Fsp3) is 0.462. The van der Waals surface area contributed by atoms with E-state index < -0.39 is 15.7 Å². The second kappa shape index (κ2) is 7.23. The molecular formula is C13H19FN2O3S. The van der Waals surface area contributed by atoms with Gasteiger partial charge in [0.15, 0.2) is 0 Å². The van der Waals surface area contributed by atoms with Crippen molar-refractivity contribution in [2.45, 2.75) is 26.2 Å². The third kappa shape index (κ3) is 5.56. The number of rotatable bonds is 7. The lowest BCUT2D eigenvalue weighted by Crippen LogP contribution is -2.15. The van der Waals surface area contributed by atoms with E-state index in [2.05, 4.69) is 5.32 Å². The number of amides is 1. The number of benzene rings is 1. The van der Waals surface area contributed by atoms with Crippen molar-refractivity contribution in [3.05, 3.63) is 24.0 Å². The molecule has 7 heteroatoms. The lowest BCUT2D eigenvalue weighted by atomic mass is 10.2. The van der Waals surface area contributed by atoms with E-state index in [1.165, 1.54) is 12.1 Å². The fourth-order valence-corrected chi connectivity index (χ4v) is 3.12. The molecule has 20 heavy (non-hydrogen) atoms. The van der Waals surface area contributed by atoms with Crippen LogP contribution in [0.15, 0.2) is 18.2 Å². The Morgan fingerprint density at radius 3 is 2.65 bits per heavy atom. The first kappa shape index (κ1) is 16.4. The summed E-state index contributed by atoms with van der Waals surface area (Å²) in [6.45, 7) is 1.79. The Hall–Kier alpha value is -1.63. The van der Waals surface area contributed by atoms with Crippen LogP contribution in [0.25, 0.3) is 0 Å². The molecule has 5 nitrogen and oxygen atoms in total. The normalized spacial score (nSPS) is 11.3. The first-order chi connectivity index (χ1) is 9.34. The lowest BCUT2D eigenvalue weighted by Gasteiger charge is -2.06. The van der Waals surface area contributed by atoms with Gasteiger partial charge in [-0.3, -0.25) is 4.79 Å². The van der Waals surface area contributed by atoms with Gasteiger partial charge in [0, 0.05) is 17.9 Å². The number of carbonyl (C=O) groups excluding carboxylic acids is 1. The summed E-state index contributed by atoms with van der Waals surface area (Å²) in [6, 6.07) is 3.88. The fourth-order valence-electron chi connectivity index (χ4n) is 1.71. The van der Waals surface area contributed by atoms with Gasteiger partial charge in [0.05, 0.1) is 11.4 Å². The minimum Gasteiger partial charge on any atom is -0.396 e. The standard InChI is InChI=1S/C13H19FN2O3S/c1-2-7-20(18,19)8-3-4-13(17)16-10-5-6-11(14)12(15)9-10/h5-6,9H,2-4,7-8,15H2,1H3,(H,16,17). The molecule has 0 aromatic heterocycles. The molecule has 3 N–H and O–H groups in total. The number of nitrogen functional groups attached to an aromatic ring is 1. The second-order valence-electron chi connectivity index (χ2n) is 4.54. The first-order valence-electron chi connectivity index (χ1n) is 6.39. The van der Waals surface area contributed by atoms with Crippen LogP contribution >= 0.6 is 0 Å². The Balaban J connectivity index is 2.42. The molecule has 0 saturated carbocycles. The zero-order valence-corrected chi connectivity index (χ0v) is 12.2. The van der Waals surface area contributed by atoms with Crippen LogP contribution in [-0.2, 0) is 14.6 Å². The van der Waals surface area contributed by atoms with Crippen molar-refractivity contribution in [1.82, 2.24) is 0 Å². The maximum atomic E-state index is 12.9. The highest BCUT2D eigenvalue weighted by atomic mass is 32.2. The van der Waals surface area contributed by atoms with Crippen LogP contribution in [0.4, 0.5) is 15.8 Å². The summed E-state index contributed by atoms with van der Waals surface area (Å²) in [6.07, 6.45) is 0.939. The van der Waals surface area contributed by atoms with E-state index in [-0.39, 0.29) is 35.9 Å². The molecule has 0 fully saturated rings. The summed E-state index contributed by atoms with van der Waals surface area (Å²) in [5.74, 6) is -0.723. The van der Waals surface area contributed by atoms with E-state index in [4.69, 9.17) is 5.73 Å². The van der Waals surface area contributed by atoms with Crippen molar-refractivity contribution in [3.8, 4) is 0 Å². The Bertz CT molecular complexity index is 573. The summed E-state index contributed by atoms with van der Waals surface area (Å²) in [5.41, 5.74) is 5.73. The molecular weight excluding hydrogens is 283 g/mol. The van der Waals surface area contributed by atoms with Crippen molar-refractivity contribution in [3.63, 3.8) is 0 Å². The zero-order chi connectivity index (χ0) is 15.2. The summed E-state index contributed by atoms with van der Waals surface area (Å²) in [7, 11) is -3.06. The third-order valence-corrected chi connectivity index (χ3v) is 4.60. The van der Waals surface area contributed by atoms with Crippen molar-refractivity contribution >= 4 is 27.1 Å². The molecule has 0 saturated heterocycles. The molecule has 0 spiro atoms. The number of hydrogen-bond donors (Lipinski definition) is 2. The average molecular weight is 302 g/mol. The molecule has 0 unspecified atom stereocenters. The Morgan fingerprint density at radius 1 is 1.35 bits per heavy atom. The molecule has 0 radical (unpaired) electrons. The monoisotopic (exact) mass is 302 g/mol. The van der Waals surface area contributed by atoms with E-state index in [0.29, 0.717) is 12.1 Å². The predicted octanol–water partition coefficient (Wildman–Crippen LogP) is 1.95. The van der Waals surface area contributed by atoms with E-state index in [1.54, 1.807) is 6.92 Å². The minimum atomic E-state index is -3.06. The number of anilines is 2. The van der Waals surface area contributed by atoms with Crippen LogP contribution in [0.5, 0.6) is 0 Å². The van der Waals surface area contributed by atoms with Crippen molar-refractivity contribution < 1.29 is 17.6 Å². The van der Waals surface area contributed by atoms with Gasteiger partial charge in [-0.25, -0.2) is 12.8 Å². The Kier molecular flexibility index (Phi) is 5.94. The molecule has 0 bridgehead atoms. The summed E-state index contributed by atoms with van der Waals surface area (Å²) < 4.78 is 35.9. The molecule has 1 aromatic rings. The van der Waals surface area contributed by atoms with Gasteiger partial charge in [-0.05, 0) is 31.0 Å². The summed E-state index contributed by atoms with van der Waals surface area (Å²) in [4.78, 5) is 11.6. The molecule has 0 aliphatic carbocycles. The van der Waals surface area contributed by atoms with Crippen molar-refractivity contribution in [1.29, 1.82) is 0 Å². The Morgan fingerprint density at radius 2 is 2.05 bits per heavy atom. The maximum Gasteiger partial charge on any atom is 0.224 e. The zero-order valence-electron chi connectivity index (χ0n) is 11.4. The van der Waals surface area contributed by atoms with E-state index in [9.17, 15) is 17.6 Å². The highest BCUT2D eigenvalue weighted by Gasteiger charge is 2.11. The lowest BCUT2D eigenvalue weighted by molar-refractivity contribution is -0.116. The number of nitrogens with two attached hydrogens (primary N) is 1. The van der Waals surface area contributed by atoms with E-state index in [0.717, 1.165) is 6.07 Å². The molecule has 1 rings (SSSR count). The SMILES string of the molecule is CCCS(=O)(=O)CCCC(=O)Nc1ccc(F)c(N)c1. The molecule has 0 aliphatic heterocycles. The molecule has 112 valence electrons. The number of sulfone groups is 1. The number of carbonyl (C=O) groups is 1. The first-order valence-corrected chi connectivity index (χ1v) is 8.21. The maximum absolute atomic E-state index is 12.9. The van der Waals surface area contributed by atoms with Gasteiger partial charge in [0.25, 0.3) is 0 Å². The van der Waals surface area contributed by atoms with Crippen molar-refractivity contribution in [2.75, 3.05) is 22.6 Å². The second-order valence-corrected chi connectivity index (χ2v) is 6.84. The van der Waals surface area contributed by atoms with Crippen LogP contribution in [0.3, 0.4) is 0 Å². The van der Waals surface area contributed by atoms with Crippen LogP contribution in [0, 0.1) is 5.82 Å². The van der Waals surface area contributed by atoms with Crippen LogP contribution in [0.1, 0.15) is 26.2 Å². The topological polar surface area (TPSA) is 89.3 Å². The van der Waals surface area contributed by atoms with Gasteiger partial charge in [0.1, 0.15) is 15.7 Å². The average Bonchev–Trinajstić information content (AvgIpc) is 2.33. The van der Waals surface area contributed by atoms with Crippen LogP contribution < -0.4 is 11.1 Å². The van der Waals surface area contributed by atoms with E-state index >= 15 is 0 Å². The highest BCUT2D eigenvalue weighted by Crippen LogP contribution is 2.16. The minimum absolute atomic E-state index is 0.000182. The van der Waals surface area contributed by atoms with Gasteiger partial charge >= 0.3 is 0 Å². The summed E-state index contributed by atoms with van der Waals surface area (Å²) in [5, 5.41) is 2.55. The third-order valence-electron chi connectivity index (χ3n) is 2.65. The van der Waals surface area contributed by atoms with E-state index in [1.807, 2.05) is 0 Å². The number of halogens is 1. The largest absolute Gasteiger partial charge is 0.396 e. The summed E-state index contributed by atoms with van der Waals surface area (Å²) >= 11 is 0. The molecule has 0 heterocycles. The highest BCUT2D eigenvalue weighted by molar-refractivity contribution is 7.91.